The first-order valence-electron chi connectivity index (χ1n) is 10.3. The zero-order valence-corrected chi connectivity index (χ0v) is 19.6. The Balaban J connectivity index is 2.25. The van der Waals surface area contributed by atoms with Gasteiger partial charge in [0, 0.05) is 12.0 Å². The summed E-state index contributed by atoms with van der Waals surface area (Å²) < 4.78 is 5.13. The summed E-state index contributed by atoms with van der Waals surface area (Å²) in [6.07, 6.45) is 0.946. The van der Waals surface area contributed by atoms with Crippen molar-refractivity contribution in [2.24, 2.45) is 0 Å². The van der Waals surface area contributed by atoms with Crippen LogP contribution in [0.1, 0.15) is 59.6 Å². The van der Waals surface area contributed by atoms with Crippen molar-refractivity contribution in [3.05, 3.63) is 41.0 Å². The molecule has 1 aromatic rings. The Morgan fingerprint density at radius 1 is 1.19 bits per heavy atom. The molecule has 8 heteroatoms. The number of nitrogens with zero attached hydrogens (tertiary/aromatic N) is 1. The molecule has 1 aliphatic rings. The maximum Gasteiger partial charge on any atom is 0.408 e. The molecule has 8 nitrogen and oxygen atoms in total. The number of carboxylic acid groups (broad SMARTS) is 1. The Bertz CT molecular complexity index is 992. The number of rotatable bonds is 4. The monoisotopic (exact) mass is 443 g/mol. The Hall–Kier alpha value is -3.02. The van der Waals surface area contributed by atoms with Gasteiger partial charge in [0.25, 0.3) is 0 Å². The molecule has 32 heavy (non-hydrogen) atoms. The van der Waals surface area contributed by atoms with Crippen molar-refractivity contribution in [1.29, 1.82) is 0 Å². The highest BCUT2D eigenvalue weighted by molar-refractivity contribution is 5.80. The predicted molar refractivity (Wildman–Crippen MR) is 118 cm³/mol. The van der Waals surface area contributed by atoms with E-state index in [0.29, 0.717) is 16.7 Å². The van der Waals surface area contributed by atoms with Crippen molar-refractivity contribution in [3.8, 4) is 17.6 Å². The molecule has 0 spiro atoms. The van der Waals surface area contributed by atoms with E-state index in [2.05, 4.69) is 17.2 Å². The third-order valence-electron chi connectivity index (χ3n) is 5.01. The number of aromatic hydroxyl groups is 1. The van der Waals surface area contributed by atoms with Gasteiger partial charge in [-0.1, -0.05) is 17.9 Å². The van der Waals surface area contributed by atoms with E-state index in [4.69, 9.17) is 4.74 Å². The molecular formula is C24H31N2O6. The van der Waals surface area contributed by atoms with Crippen molar-refractivity contribution < 1.29 is 29.7 Å². The van der Waals surface area contributed by atoms with Crippen molar-refractivity contribution in [1.82, 2.24) is 10.4 Å². The second-order valence-corrected chi connectivity index (χ2v) is 9.91. The van der Waals surface area contributed by atoms with Crippen LogP contribution in [0, 0.1) is 11.8 Å². The van der Waals surface area contributed by atoms with Crippen LogP contribution in [0.4, 0.5) is 4.79 Å². The molecule has 0 saturated heterocycles. The van der Waals surface area contributed by atoms with Crippen LogP contribution < -0.4 is 5.32 Å². The Morgan fingerprint density at radius 3 is 2.31 bits per heavy atom. The van der Waals surface area contributed by atoms with Crippen LogP contribution in [0.25, 0.3) is 0 Å². The van der Waals surface area contributed by atoms with Gasteiger partial charge in [-0.05, 0) is 72.2 Å². The molecule has 0 aliphatic carbocycles. The summed E-state index contributed by atoms with van der Waals surface area (Å²) in [7, 11) is 0. The lowest BCUT2D eigenvalue weighted by Crippen LogP contribution is -2.46. The second-order valence-electron chi connectivity index (χ2n) is 9.91. The van der Waals surface area contributed by atoms with E-state index >= 15 is 0 Å². The first-order valence-corrected chi connectivity index (χ1v) is 10.3. The number of hydroxylamine groups is 2. The van der Waals surface area contributed by atoms with Gasteiger partial charge >= 0.3 is 12.1 Å². The molecule has 0 saturated carbocycles. The van der Waals surface area contributed by atoms with Crippen LogP contribution in [-0.2, 0) is 21.2 Å². The number of amides is 1. The maximum atomic E-state index is 12.5. The van der Waals surface area contributed by atoms with Gasteiger partial charge in [0.1, 0.15) is 17.4 Å². The first-order chi connectivity index (χ1) is 14.5. The summed E-state index contributed by atoms with van der Waals surface area (Å²) in [5.74, 6) is 4.59. The minimum Gasteiger partial charge on any atom is -0.507 e. The highest BCUT2D eigenvalue weighted by Gasteiger charge is 2.46. The van der Waals surface area contributed by atoms with Crippen molar-refractivity contribution >= 4 is 12.1 Å². The molecular weight excluding hydrogens is 412 g/mol. The van der Waals surface area contributed by atoms with E-state index in [1.807, 2.05) is 0 Å². The lowest BCUT2D eigenvalue weighted by atomic mass is 9.96. The van der Waals surface area contributed by atoms with Gasteiger partial charge in [-0.25, -0.2) is 9.59 Å². The summed E-state index contributed by atoms with van der Waals surface area (Å²) in [6.45, 7) is 12.2. The number of carbonyl (C=O) groups is 2. The number of phenols is 1. The zero-order valence-electron chi connectivity index (χ0n) is 19.6. The van der Waals surface area contributed by atoms with Crippen LogP contribution in [0.3, 0.4) is 0 Å². The minimum atomic E-state index is -1.22. The van der Waals surface area contributed by atoms with Crippen LogP contribution >= 0.6 is 0 Å². The normalized spacial score (nSPS) is 18.2. The molecule has 0 bridgehead atoms. The number of benzene rings is 1. The number of hydrogen-bond acceptors (Lipinski definition) is 5. The van der Waals surface area contributed by atoms with Crippen LogP contribution in [-0.4, -0.2) is 50.1 Å². The highest BCUT2D eigenvalue weighted by atomic mass is 16.6. The van der Waals surface area contributed by atoms with E-state index in [9.17, 15) is 25.0 Å². The fraction of sp³-hybridized carbons (Fsp3) is 0.500. The molecule has 1 radical (unpaired) electrons. The Kier molecular flexibility index (Phi) is 6.98. The molecule has 0 unspecified atom stereocenters. The molecule has 0 aromatic heterocycles. The molecule has 173 valence electrons. The number of hydrogen-bond donors (Lipinski definition) is 3. The average molecular weight is 444 g/mol. The summed E-state index contributed by atoms with van der Waals surface area (Å²) in [4.78, 5) is 23.6. The molecule has 3 N–H and O–H groups in total. The fourth-order valence-corrected chi connectivity index (χ4v) is 3.44. The van der Waals surface area contributed by atoms with Crippen molar-refractivity contribution in [3.63, 3.8) is 0 Å². The predicted octanol–water partition coefficient (Wildman–Crippen LogP) is 3.41. The van der Waals surface area contributed by atoms with E-state index in [0.717, 1.165) is 5.06 Å². The smallest absolute Gasteiger partial charge is 0.408 e. The number of carboxylic acids is 1. The average Bonchev–Trinajstić information content (AvgIpc) is 2.79. The van der Waals surface area contributed by atoms with Gasteiger partial charge < -0.3 is 20.3 Å². The molecule has 1 atom stereocenters. The lowest BCUT2D eigenvalue weighted by molar-refractivity contribution is -0.237. The molecule has 1 amide bonds. The highest BCUT2D eigenvalue weighted by Crippen LogP contribution is 2.38. The Morgan fingerprint density at radius 2 is 1.81 bits per heavy atom. The quantitative estimate of drug-likeness (QED) is 0.614. The largest absolute Gasteiger partial charge is 0.507 e. The fourth-order valence-electron chi connectivity index (χ4n) is 3.44. The summed E-state index contributed by atoms with van der Waals surface area (Å²) >= 11 is 0. The minimum absolute atomic E-state index is 0.0287. The second kappa shape index (κ2) is 8.85. The number of ether oxygens (including phenoxy) is 1. The summed E-state index contributed by atoms with van der Waals surface area (Å²) in [6, 6.07) is 3.33. The lowest BCUT2D eigenvalue weighted by Gasteiger charge is -2.32. The van der Waals surface area contributed by atoms with Crippen molar-refractivity contribution in [2.75, 3.05) is 0 Å². The van der Waals surface area contributed by atoms with Gasteiger partial charge in [-0.3, -0.25) is 0 Å². The number of aliphatic carboxylic acids is 1. The van der Waals surface area contributed by atoms with Gasteiger partial charge in [-0.15, -0.1) is 10.3 Å². The maximum absolute atomic E-state index is 12.5. The first kappa shape index (κ1) is 25.2. The van der Waals surface area contributed by atoms with Gasteiger partial charge in [0.05, 0.1) is 16.6 Å². The van der Waals surface area contributed by atoms with Gasteiger partial charge in [0.15, 0.2) is 0 Å². The molecule has 2 rings (SSSR count). The molecule has 1 aromatic carbocycles. The summed E-state index contributed by atoms with van der Waals surface area (Å²) in [5.41, 5.74) is -0.777. The van der Waals surface area contributed by atoms with E-state index in [1.54, 1.807) is 66.7 Å². The number of phenolic OH excluding ortho intramolecular Hbond substituents is 1. The summed E-state index contributed by atoms with van der Waals surface area (Å²) in [5, 5.41) is 35.5. The Labute approximate surface area is 188 Å². The standard InChI is InChI=1S/C24H31N2O6/c1-22(2,3)32-21(30)25-18(20(28)29)13-15-8-11-19(27)16(12-15)9-10-17-14-23(4,5)26(31)24(17,6)7/h8,11-12,14,18,27H,13H2,1-7H3,(H,25,30)(H,28,29)/t18-/m0/s1. The van der Waals surface area contributed by atoms with Crippen molar-refractivity contribution in [2.45, 2.75) is 77.6 Å². The third kappa shape index (κ3) is 6.02. The van der Waals surface area contributed by atoms with Crippen LogP contribution in [0.5, 0.6) is 5.75 Å². The van der Waals surface area contributed by atoms with Gasteiger partial charge in [-0.2, -0.15) is 0 Å². The SMILES string of the molecule is CC(C)(C)OC(=O)N[C@@H](Cc1ccc(O)c(C#CC2=CC(C)(C)N([O])C2(C)C)c1)C(=O)O. The third-order valence-corrected chi connectivity index (χ3v) is 5.01. The van der Waals surface area contributed by atoms with Crippen LogP contribution in [0.15, 0.2) is 29.8 Å². The van der Waals surface area contributed by atoms with Gasteiger partial charge in [0.2, 0.25) is 0 Å². The molecule has 1 heterocycles. The molecule has 0 fully saturated rings. The molecule has 1 aliphatic heterocycles. The topological polar surface area (TPSA) is 119 Å². The number of carbonyl (C=O) groups excluding carboxylic acids is 1. The van der Waals surface area contributed by atoms with E-state index in [1.165, 1.54) is 6.07 Å². The van der Waals surface area contributed by atoms with Crippen LogP contribution in [0.2, 0.25) is 0 Å². The number of alkyl carbamates (subject to hydrolysis) is 1. The van der Waals surface area contributed by atoms with E-state index in [-0.39, 0.29) is 12.2 Å². The number of nitrogens with one attached hydrogen (secondary N) is 1. The van der Waals surface area contributed by atoms with E-state index < -0.39 is 34.8 Å². The zero-order chi connectivity index (χ0) is 24.5.